The molecule has 27 heavy (non-hydrogen) atoms. The van der Waals surface area contributed by atoms with Crippen molar-refractivity contribution in [3.63, 3.8) is 0 Å². The molecular weight excluding hydrogens is 342 g/mol. The molecule has 1 aliphatic rings. The quantitative estimate of drug-likeness (QED) is 0.728. The van der Waals surface area contributed by atoms with Crippen molar-refractivity contribution < 1.29 is 9.90 Å². The van der Waals surface area contributed by atoms with Gasteiger partial charge in [0.25, 0.3) is 5.56 Å². The van der Waals surface area contributed by atoms with Crippen LogP contribution in [0.1, 0.15) is 24.3 Å². The van der Waals surface area contributed by atoms with Crippen molar-refractivity contribution in [1.29, 1.82) is 0 Å². The molecule has 1 atom stereocenters. The van der Waals surface area contributed by atoms with Crippen LogP contribution >= 0.6 is 0 Å². The maximum atomic E-state index is 12.5. The van der Waals surface area contributed by atoms with E-state index in [9.17, 15) is 14.7 Å². The Morgan fingerprint density at radius 3 is 2.56 bits per heavy atom. The highest BCUT2D eigenvalue weighted by Gasteiger charge is 2.27. The number of carbonyl (C=O) groups is 1. The maximum absolute atomic E-state index is 12.5. The van der Waals surface area contributed by atoms with E-state index in [1.165, 1.54) is 12.5 Å². The van der Waals surface area contributed by atoms with Crippen molar-refractivity contribution in [2.75, 3.05) is 0 Å². The van der Waals surface area contributed by atoms with Gasteiger partial charge in [0.1, 0.15) is 12.1 Å². The number of aliphatic hydroxyl groups is 1. The summed E-state index contributed by atoms with van der Waals surface area (Å²) in [6.07, 6.45) is 3.21. The van der Waals surface area contributed by atoms with Crippen molar-refractivity contribution in [3.05, 3.63) is 88.2 Å². The molecule has 1 unspecified atom stereocenters. The Morgan fingerprint density at radius 1 is 1.04 bits per heavy atom. The zero-order valence-electron chi connectivity index (χ0n) is 14.4. The minimum absolute atomic E-state index is 0.00866. The van der Waals surface area contributed by atoms with E-state index in [4.69, 9.17) is 0 Å². The largest absolute Gasteiger partial charge is 0.511 e. The summed E-state index contributed by atoms with van der Waals surface area (Å²) in [6, 6.07) is 16.6. The Balaban J connectivity index is 1.63. The van der Waals surface area contributed by atoms with Gasteiger partial charge in [-0.15, -0.1) is 0 Å². The van der Waals surface area contributed by atoms with Gasteiger partial charge in [-0.2, -0.15) is 9.78 Å². The zero-order valence-corrected chi connectivity index (χ0v) is 14.4. The van der Waals surface area contributed by atoms with E-state index >= 15 is 0 Å². The normalized spacial score (nSPS) is 17.8. The summed E-state index contributed by atoms with van der Waals surface area (Å²) >= 11 is 0. The summed E-state index contributed by atoms with van der Waals surface area (Å²) < 4.78 is 1.07. The smallest absolute Gasteiger partial charge is 0.281 e. The topological polar surface area (TPSA) is 84.5 Å². The summed E-state index contributed by atoms with van der Waals surface area (Å²) in [6.45, 7) is 0. The monoisotopic (exact) mass is 359 g/mol. The van der Waals surface area contributed by atoms with Gasteiger partial charge in [0.05, 0.1) is 22.7 Å². The summed E-state index contributed by atoms with van der Waals surface area (Å²) in [5.41, 5.74) is 1.41. The third-order valence-corrected chi connectivity index (χ3v) is 4.71. The number of allylic oxidation sites excluding steroid dienone is 2. The first-order chi connectivity index (χ1) is 13.1. The van der Waals surface area contributed by atoms with E-state index in [1.807, 2.05) is 30.3 Å². The minimum Gasteiger partial charge on any atom is -0.511 e. The molecule has 134 valence electrons. The van der Waals surface area contributed by atoms with Gasteiger partial charge >= 0.3 is 0 Å². The molecule has 0 amide bonds. The van der Waals surface area contributed by atoms with Gasteiger partial charge in [-0.1, -0.05) is 42.5 Å². The molecule has 6 nitrogen and oxygen atoms in total. The van der Waals surface area contributed by atoms with Gasteiger partial charge in [-0.3, -0.25) is 9.59 Å². The maximum Gasteiger partial charge on any atom is 0.281 e. The lowest BCUT2D eigenvalue weighted by Gasteiger charge is -2.22. The average molecular weight is 359 g/mol. The van der Waals surface area contributed by atoms with Crippen LogP contribution in [0.5, 0.6) is 0 Å². The SMILES string of the molecule is O=C1CC(c2ccccc2)CC(O)=C1/C=N/n1cnc2ccccc2c1=O. The molecule has 0 saturated carbocycles. The van der Waals surface area contributed by atoms with Crippen molar-refractivity contribution in [2.24, 2.45) is 5.10 Å². The van der Waals surface area contributed by atoms with Crippen LogP contribution in [-0.2, 0) is 4.79 Å². The molecule has 1 aromatic heterocycles. The number of rotatable bonds is 3. The predicted octanol–water partition coefficient (Wildman–Crippen LogP) is 3.19. The molecule has 0 aliphatic heterocycles. The first kappa shape index (κ1) is 16.9. The molecule has 1 heterocycles. The van der Waals surface area contributed by atoms with Crippen molar-refractivity contribution in [1.82, 2.24) is 9.66 Å². The van der Waals surface area contributed by atoms with E-state index in [0.29, 0.717) is 23.7 Å². The number of benzene rings is 2. The molecule has 1 N–H and O–H groups in total. The molecule has 4 rings (SSSR count). The van der Waals surface area contributed by atoms with Crippen molar-refractivity contribution in [3.8, 4) is 0 Å². The molecule has 0 fully saturated rings. The molecule has 3 aromatic rings. The van der Waals surface area contributed by atoms with Crippen LogP contribution in [0, 0.1) is 0 Å². The number of nitrogens with zero attached hydrogens (tertiary/aromatic N) is 3. The van der Waals surface area contributed by atoms with Gasteiger partial charge in [0.2, 0.25) is 0 Å². The molecule has 0 bridgehead atoms. The molecule has 0 saturated heterocycles. The summed E-state index contributed by atoms with van der Waals surface area (Å²) in [5, 5.41) is 14.9. The average Bonchev–Trinajstić information content (AvgIpc) is 2.69. The van der Waals surface area contributed by atoms with Crippen molar-refractivity contribution in [2.45, 2.75) is 18.8 Å². The second-order valence-electron chi connectivity index (χ2n) is 6.46. The first-order valence-electron chi connectivity index (χ1n) is 8.64. The second kappa shape index (κ2) is 6.99. The highest BCUT2D eigenvalue weighted by atomic mass is 16.3. The van der Waals surface area contributed by atoms with Gasteiger partial charge in [0, 0.05) is 12.8 Å². The van der Waals surface area contributed by atoms with Crippen molar-refractivity contribution >= 4 is 22.9 Å². The lowest BCUT2D eigenvalue weighted by molar-refractivity contribution is -0.116. The Labute approximate surface area is 155 Å². The minimum atomic E-state index is -0.331. The lowest BCUT2D eigenvalue weighted by atomic mass is 9.83. The van der Waals surface area contributed by atoms with E-state index in [1.54, 1.807) is 24.3 Å². The zero-order chi connectivity index (χ0) is 18.8. The van der Waals surface area contributed by atoms with Crippen LogP contribution in [0.15, 0.2) is 82.2 Å². The van der Waals surface area contributed by atoms with Crippen LogP contribution in [0.3, 0.4) is 0 Å². The number of aliphatic hydroxyl groups excluding tert-OH is 1. The summed E-state index contributed by atoms with van der Waals surface area (Å²) in [7, 11) is 0. The molecule has 1 aliphatic carbocycles. The van der Waals surface area contributed by atoms with E-state index in [-0.39, 0.29) is 28.6 Å². The third kappa shape index (κ3) is 3.29. The molecule has 0 spiro atoms. The van der Waals surface area contributed by atoms with Gasteiger partial charge in [-0.25, -0.2) is 4.98 Å². The Bertz CT molecular complexity index is 1130. The highest BCUT2D eigenvalue weighted by Crippen LogP contribution is 2.32. The Morgan fingerprint density at radius 2 is 1.78 bits per heavy atom. The number of hydrogen-bond acceptors (Lipinski definition) is 5. The molecular formula is C21H17N3O3. The third-order valence-electron chi connectivity index (χ3n) is 4.71. The first-order valence-corrected chi connectivity index (χ1v) is 8.64. The summed E-state index contributed by atoms with van der Waals surface area (Å²) in [5.74, 6) is -0.260. The lowest BCUT2D eigenvalue weighted by Crippen LogP contribution is -2.21. The van der Waals surface area contributed by atoms with Gasteiger partial charge in [0.15, 0.2) is 5.78 Å². The number of hydrogen-bond donors (Lipinski definition) is 1. The Hall–Kier alpha value is -3.54. The van der Waals surface area contributed by atoms with Crippen LogP contribution in [0.25, 0.3) is 10.9 Å². The van der Waals surface area contributed by atoms with Crippen LogP contribution < -0.4 is 5.56 Å². The number of Topliss-reactive ketones (excluding diaryl/α,β-unsaturated/α-hetero) is 1. The van der Waals surface area contributed by atoms with Crippen LogP contribution in [-0.4, -0.2) is 26.8 Å². The molecule has 2 aromatic carbocycles. The van der Waals surface area contributed by atoms with Crippen LogP contribution in [0.4, 0.5) is 0 Å². The number of fused-ring (bicyclic) bond motifs is 1. The second-order valence-corrected chi connectivity index (χ2v) is 6.46. The standard InChI is InChI=1S/C21H17N3O3/c25-19-10-15(14-6-2-1-3-7-14)11-20(26)17(19)12-23-24-13-22-18-9-5-4-8-16(18)21(24)27/h1-9,12-13,15,25H,10-11H2/b23-12+. The number of aromatic nitrogens is 2. The number of ketones is 1. The van der Waals surface area contributed by atoms with E-state index in [2.05, 4.69) is 10.1 Å². The molecule has 0 radical (unpaired) electrons. The Kier molecular flexibility index (Phi) is 4.38. The number of para-hydroxylation sites is 1. The predicted molar refractivity (Wildman–Crippen MR) is 103 cm³/mol. The fraction of sp³-hybridized carbons (Fsp3) is 0.143. The highest BCUT2D eigenvalue weighted by molar-refractivity contribution is 6.14. The molecule has 6 heteroatoms. The van der Waals surface area contributed by atoms with E-state index < -0.39 is 0 Å². The number of carbonyl (C=O) groups excluding carboxylic acids is 1. The van der Waals surface area contributed by atoms with Crippen LogP contribution in [0.2, 0.25) is 0 Å². The van der Waals surface area contributed by atoms with Gasteiger partial charge < -0.3 is 5.11 Å². The summed E-state index contributed by atoms with van der Waals surface area (Å²) in [4.78, 5) is 29.1. The van der Waals surface area contributed by atoms with E-state index in [0.717, 1.165) is 10.2 Å². The fourth-order valence-electron chi connectivity index (χ4n) is 3.28. The fourth-order valence-corrected chi connectivity index (χ4v) is 3.28. The van der Waals surface area contributed by atoms with Gasteiger partial charge in [-0.05, 0) is 23.6 Å².